The molecule has 104 valence electrons. The number of halogens is 3. The first-order chi connectivity index (χ1) is 9.02. The Labute approximate surface area is 120 Å². The van der Waals surface area contributed by atoms with E-state index in [4.69, 9.17) is 16.4 Å². The van der Waals surface area contributed by atoms with Gasteiger partial charge in [-0.3, -0.25) is 15.4 Å². The zero-order valence-electron chi connectivity index (χ0n) is 10.0. The lowest BCUT2D eigenvalue weighted by molar-refractivity contribution is 0.620. The van der Waals surface area contributed by atoms with Gasteiger partial charge in [0, 0.05) is 18.0 Å². The second-order valence-electron chi connectivity index (χ2n) is 3.31. The number of rotatable bonds is 1. The minimum absolute atomic E-state index is 0. The molecule has 0 aliphatic carbocycles. The number of nitrogen functional groups attached to an aromatic ring is 1. The molecule has 20 heavy (non-hydrogen) atoms. The van der Waals surface area contributed by atoms with Gasteiger partial charge < -0.3 is 5.73 Å². The molecule has 0 saturated heterocycles. The summed E-state index contributed by atoms with van der Waals surface area (Å²) in [6.45, 7) is 0. The molecule has 3 N–H and O–H groups in total. The lowest BCUT2D eigenvalue weighted by Crippen LogP contribution is -2.11. The van der Waals surface area contributed by atoms with Gasteiger partial charge in [0.2, 0.25) is 0 Å². The van der Waals surface area contributed by atoms with Crippen molar-refractivity contribution < 1.29 is 8.78 Å². The first-order valence-corrected chi connectivity index (χ1v) is 4.98. The van der Waals surface area contributed by atoms with Crippen molar-refractivity contribution in [1.82, 2.24) is 9.97 Å². The zero-order valence-corrected chi connectivity index (χ0v) is 10.9. The Morgan fingerprint density at radius 2 is 1.65 bits per heavy atom. The Morgan fingerprint density at radius 1 is 1.10 bits per heavy atom. The number of nitrogens with one attached hydrogen (secondary N) is 1. The van der Waals surface area contributed by atoms with Crippen LogP contribution in [-0.2, 0) is 0 Å². The Kier molecular flexibility index (Phi) is 7.40. The molecule has 0 unspecified atom stereocenters. The number of pyridine rings is 2. The molecule has 2 heterocycles. The van der Waals surface area contributed by atoms with Crippen molar-refractivity contribution >= 4 is 18.2 Å². The van der Waals surface area contributed by atoms with E-state index in [1.165, 1.54) is 12.4 Å². The molecule has 0 aliphatic rings. The van der Waals surface area contributed by atoms with Gasteiger partial charge in [-0.2, -0.15) is 5.26 Å². The largest absolute Gasteiger partial charge is 0.384 e. The smallest absolute Gasteiger partial charge is 0.142 e. The molecule has 2 aromatic rings. The van der Waals surface area contributed by atoms with E-state index in [0.717, 1.165) is 24.5 Å². The highest BCUT2D eigenvalue weighted by Crippen LogP contribution is 1.98. The molecule has 0 radical (unpaired) electrons. The van der Waals surface area contributed by atoms with E-state index in [9.17, 15) is 8.78 Å². The molecule has 0 aromatic carbocycles. The summed E-state index contributed by atoms with van der Waals surface area (Å²) in [6, 6.07) is 4.06. The summed E-state index contributed by atoms with van der Waals surface area (Å²) in [5.74, 6) is -1.13. The third-order valence-electron chi connectivity index (χ3n) is 1.85. The fourth-order valence-corrected chi connectivity index (χ4v) is 1.03. The number of nitriles is 1. The highest BCUT2D eigenvalue weighted by atomic mass is 35.5. The summed E-state index contributed by atoms with van der Waals surface area (Å²) in [5.41, 5.74) is 5.61. The van der Waals surface area contributed by atoms with Crippen molar-refractivity contribution in [1.29, 1.82) is 10.7 Å². The maximum absolute atomic E-state index is 12.3. The van der Waals surface area contributed by atoms with Gasteiger partial charge in [-0.05, 0) is 12.1 Å². The first kappa shape index (κ1) is 17.4. The Morgan fingerprint density at radius 3 is 2.00 bits per heavy atom. The van der Waals surface area contributed by atoms with E-state index < -0.39 is 11.6 Å². The fraction of sp³-hybridized carbons (Fsp3) is 0. The molecule has 0 bridgehead atoms. The van der Waals surface area contributed by atoms with E-state index in [2.05, 4.69) is 9.97 Å². The number of nitrogens with zero attached hydrogens (tertiary/aromatic N) is 3. The topological polar surface area (TPSA) is 99.4 Å². The molecular formula is C12H10ClF2N5. The SMILES string of the molecule is Cl.N#Cc1cncc(F)c1.N=C(N)c1cncc(F)c1. The van der Waals surface area contributed by atoms with Crippen molar-refractivity contribution in [3.8, 4) is 6.07 Å². The van der Waals surface area contributed by atoms with Crippen LogP contribution in [0.1, 0.15) is 11.1 Å². The molecule has 2 rings (SSSR count). The van der Waals surface area contributed by atoms with Crippen molar-refractivity contribution in [3.05, 3.63) is 59.7 Å². The van der Waals surface area contributed by atoms with Crippen molar-refractivity contribution in [2.75, 3.05) is 0 Å². The minimum Gasteiger partial charge on any atom is -0.384 e. The number of amidine groups is 1. The highest BCUT2D eigenvalue weighted by molar-refractivity contribution is 5.94. The number of nitrogens with two attached hydrogens (primary N) is 1. The van der Waals surface area contributed by atoms with Crippen LogP contribution >= 0.6 is 12.4 Å². The van der Waals surface area contributed by atoms with Crippen LogP contribution in [-0.4, -0.2) is 15.8 Å². The summed E-state index contributed by atoms with van der Waals surface area (Å²) in [4.78, 5) is 6.97. The molecule has 2 aromatic heterocycles. The minimum atomic E-state index is -0.479. The van der Waals surface area contributed by atoms with Crippen LogP contribution in [0.15, 0.2) is 36.9 Å². The van der Waals surface area contributed by atoms with Gasteiger partial charge in [-0.25, -0.2) is 8.78 Å². The lowest BCUT2D eigenvalue weighted by atomic mass is 10.3. The molecule has 8 heteroatoms. The van der Waals surface area contributed by atoms with Crippen LogP contribution < -0.4 is 5.73 Å². The molecule has 5 nitrogen and oxygen atoms in total. The highest BCUT2D eigenvalue weighted by Gasteiger charge is 1.96. The van der Waals surface area contributed by atoms with Crippen LogP contribution in [0.5, 0.6) is 0 Å². The van der Waals surface area contributed by atoms with Gasteiger partial charge >= 0.3 is 0 Å². The Bertz CT molecular complexity index is 627. The molecule has 0 spiro atoms. The van der Waals surface area contributed by atoms with Crippen LogP contribution in [0.4, 0.5) is 8.78 Å². The lowest BCUT2D eigenvalue weighted by Gasteiger charge is -1.94. The van der Waals surface area contributed by atoms with Crippen molar-refractivity contribution in [2.24, 2.45) is 5.73 Å². The van der Waals surface area contributed by atoms with E-state index in [1.54, 1.807) is 6.07 Å². The number of hydrogen-bond acceptors (Lipinski definition) is 4. The second kappa shape index (κ2) is 8.50. The van der Waals surface area contributed by atoms with Gasteiger partial charge in [0.1, 0.15) is 23.5 Å². The molecule has 0 saturated carbocycles. The third-order valence-corrected chi connectivity index (χ3v) is 1.85. The van der Waals surface area contributed by atoms with E-state index in [0.29, 0.717) is 5.56 Å². The predicted molar refractivity (Wildman–Crippen MR) is 71.4 cm³/mol. The van der Waals surface area contributed by atoms with E-state index >= 15 is 0 Å². The van der Waals surface area contributed by atoms with Crippen LogP contribution in [0.2, 0.25) is 0 Å². The standard InChI is InChI=1S/C6H6FN3.C6H3FN2.ClH/c7-5-1-4(6(8)9)2-10-3-5;7-6-1-5(2-8)3-9-4-6;/h1-3H,(H3,8,9);1,3-4H;1H. The maximum atomic E-state index is 12.3. The van der Waals surface area contributed by atoms with Gasteiger partial charge in [0.25, 0.3) is 0 Å². The van der Waals surface area contributed by atoms with E-state index in [1.807, 2.05) is 0 Å². The molecular weight excluding hydrogens is 288 g/mol. The van der Waals surface area contributed by atoms with Crippen LogP contribution in [0.25, 0.3) is 0 Å². The van der Waals surface area contributed by atoms with Crippen molar-refractivity contribution in [2.45, 2.75) is 0 Å². The average Bonchev–Trinajstić information content (AvgIpc) is 2.39. The monoisotopic (exact) mass is 297 g/mol. The van der Waals surface area contributed by atoms with Gasteiger partial charge in [-0.15, -0.1) is 12.4 Å². The van der Waals surface area contributed by atoms with Crippen LogP contribution in [0.3, 0.4) is 0 Å². The van der Waals surface area contributed by atoms with Gasteiger partial charge in [0.05, 0.1) is 18.0 Å². The average molecular weight is 298 g/mol. The zero-order chi connectivity index (χ0) is 14.3. The molecule has 0 atom stereocenters. The molecule has 0 fully saturated rings. The quantitative estimate of drug-likeness (QED) is 0.621. The van der Waals surface area contributed by atoms with Crippen LogP contribution in [0, 0.1) is 28.4 Å². The Hall–Kier alpha value is -2.59. The van der Waals surface area contributed by atoms with Crippen molar-refractivity contribution in [3.63, 3.8) is 0 Å². The summed E-state index contributed by atoms with van der Waals surface area (Å²) in [7, 11) is 0. The number of aromatic nitrogens is 2. The number of hydrogen-bond donors (Lipinski definition) is 2. The van der Waals surface area contributed by atoms with Gasteiger partial charge in [0.15, 0.2) is 0 Å². The van der Waals surface area contributed by atoms with Gasteiger partial charge in [-0.1, -0.05) is 0 Å². The maximum Gasteiger partial charge on any atom is 0.142 e. The Balaban J connectivity index is 0.000000345. The van der Waals surface area contributed by atoms with E-state index in [-0.39, 0.29) is 23.8 Å². The molecule has 0 amide bonds. The summed E-state index contributed by atoms with van der Waals surface area (Å²) < 4.78 is 24.5. The predicted octanol–water partition coefficient (Wildman–Crippen LogP) is 2.02. The first-order valence-electron chi connectivity index (χ1n) is 4.98. The fourth-order valence-electron chi connectivity index (χ4n) is 1.03. The second-order valence-corrected chi connectivity index (χ2v) is 3.31. The molecule has 0 aliphatic heterocycles. The third kappa shape index (κ3) is 5.84. The summed E-state index contributed by atoms with van der Waals surface area (Å²) in [6.07, 6.45) is 4.77. The summed E-state index contributed by atoms with van der Waals surface area (Å²) in [5, 5.41) is 15.1. The normalized spacial score (nSPS) is 8.45. The summed E-state index contributed by atoms with van der Waals surface area (Å²) >= 11 is 0.